The van der Waals surface area contributed by atoms with Gasteiger partial charge in [0, 0.05) is 11.8 Å². The zero-order valence-electron chi connectivity index (χ0n) is 17.6. The van der Waals surface area contributed by atoms with Crippen LogP contribution in [0.25, 0.3) is 10.9 Å². The number of fused-ring (bicyclic) bond motifs is 1. The van der Waals surface area contributed by atoms with Crippen LogP contribution in [-0.2, 0) is 4.74 Å². The largest absolute Gasteiger partial charge is 0.493 e. The molecule has 2 aromatic carbocycles. The van der Waals surface area contributed by atoms with Crippen molar-refractivity contribution >= 4 is 22.7 Å². The molecule has 0 bridgehead atoms. The van der Waals surface area contributed by atoms with Crippen LogP contribution in [0.15, 0.2) is 42.7 Å². The van der Waals surface area contributed by atoms with Gasteiger partial charge in [0.25, 0.3) is 0 Å². The Morgan fingerprint density at radius 1 is 0.968 bits per heavy atom. The van der Waals surface area contributed by atoms with E-state index >= 15 is 0 Å². The lowest BCUT2D eigenvalue weighted by molar-refractivity contribution is 0.0865. The summed E-state index contributed by atoms with van der Waals surface area (Å²) < 4.78 is 22.1. The number of anilines is 1. The van der Waals surface area contributed by atoms with Crippen molar-refractivity contribution in [2.75, 3.05) is 19.5 Å². The molecule has 1 fully saturated rings. The molecule has 1 N–H and O–H groups in total. The maximum absolute atomic E-state index is 12.1. The summed E-state index contributed by atoms with van der Waals surface area (Å²) >= 11 is 0. The lowest BCUT2D eigenvalue weighted by Gasteiger charge is -2.21. The second-order valence-electron chi connectivity index (χ2n) is 7.32. The van der Waals surface area contributed by atoms with Gasteiger partial charge in [-0.2, -0.15) is 0 Å². The molecule has 1 aromatic heterocycles. The lowest BCUT2D eigenvalue weighted by Crippen LogP contribution is -2.24. The van der Waals surface area contributed by atoms with Crippen molar-refractivity contribution in [3.05, 3.63) is 42.7 Å². The summed E-state index contributed by atoms with van der Waals surface area (Å²) in [5, 5.41) is 3.46. The quantitative estimate of drug-likeness (QED) is 0.573. The van der Waals surface area contributed by atoms with Gasteiger partial charge in [-0.3, -0.25) is 5.32 Å². The molecule has 4 rings (SSSR count). The molecule has 0 spiro atoms. The van der Waals surface area contributed by atoms with Gasteiger partial charge in [0.15, 0.2) is 11.5 Å². The summed E-state index contributed by atoms with van der Waals surface area (Å²) in [5.41, 5.74) is 1.30. The number of carbonyl (C=O) groups excluding carboxylic acids is 1. The SMILES string of the molecule is COc1cc2ncnc(Oc3ccc(NC(=O)OC4CCCCC4)cc3)c2cc1OC. The van der Waals surface area contributed by atoms with Gasteiger partial charge < -0.3 is 18.9 Å². The normalized spacial score (nSPS) is 14.1. The van der Waals surface area contributed by atoms with E-state index in [0.717, 1.165) is 25.7 Å². The third kappa shape index (κ3) is 4.96. The highest BCUT2D eigenvalue weighted by Crippen LogP contribution is 2.35. The number of amides is 1. The summed E-state index contributed by atoms with van der Waals surface area (Å²) in [5.74, 6) is 2.10. The van der Waals surface area contributed by atoms with E-state index in [1.807, 2.05) is 0 Å². The fourth-order valence-electron chi connectivity index (χ4n) is 3.64. The summed E-state index contributed by atoms with van der Waals surface area (Å²) in [6, 6.07) is 10.6. The van der Waals surface area contributed by atoms with Gasteiger partial charge in [0.05, 0.1) is 25.1 Å². The number of nitrogens with zero attached hydrogens (tertiary/aromatic N) is 2. The molecule has 0 aliphatic heterocycles. The highest BCUT2D eigenvalue weighted by atomic mass is 16.6. The molecular formula is C23H25N3O5. The van der Waals surface area contributed by atoms with Crippen molar-refractivity contribution in [1.82, 2.24) is 9.97 Å². The molecule has 1 heterocycles. The molecule has 31 heavy (non-hydrogen) atoms. The summed E-state index contributed by atoms with van der Waals surface area (Å²) in [6.45, 7) is 0. The van der Waals surface area contributed by atoms with Gasteiger partial charge in [-0.05, 0) is 56.0 Å². The van der Waals surface area contributed by atoms with E-state index in [9.17, 15) is 4.79 Å². The number of hydrogen-bond donors (Lipinski definition) is 1. The molecule has 162 valence electrons. The Hall–Kier alpha value is -3.55. The van der Waals surface area contributed by atoms with Crippen LogP contribution in [-0.4, -0.2) is 36.4 Å². The Morgan fingerprint density at radius 3 is 2.39 bits per heavy atom. The smallest absolute Gasteiger partial charge is 0.411 e. The monoisotopic (exact) mass is 423 g/mol. The number of methoxy groups -OCH3 is 2. The van der Waals surface area contributed by atoms with Crippen LogP contribution in [0.2, 0.25) is 0 Å². The first-order valence-corrected chi connectivity index (χ1v) is 10.3. The van der Waals surface area contributed by atoms with E-state index in [1.165, 1.54) is 12.7 Å². The molecule has 3 aromatic rings. The Kier molecular flexibility index (Phi) is 6.35. The molecule has 1 amide bonds. The van der Waals surface area contributed by atoms with Crippen molar-refractivity contribution in [2.24, 2.45) is 0 Å². The molecule has 8 nitrogen and oxygen atoms in total. The maximum atomic E-state index is 12.1. The van der Waals surface area contributed by atoms with Gasteiger partial charge in [-0.1, -0.05) is 6.42 Å². The second-order valence-corrected chi connectivity index (χ2v) is 7.32. The van der Waals surface area contributed by atoms with Crippen LogP contribution in [0, 0.1) is 0 Å². The molecule has 8 heteroatoms. The van der Waals surface area contributed by atoms with Crippen LogP contribution >= 0.6 is 0 Å². The van der Waals surface area contributed by atoms with Crippen LogP contribution in [0.1, 0.15) is 32.1 Å². The predicted octanol–water partition coefficient (Wildman–Crippen LogP) is 5.32. The minimum atomic E-state index is -0.427. The first kappa shape index (κ1) is 20.7. The third-order valence-corrected chi connectivity index (χ3v) is 5.25. The molecule has 0 unspecified atom stereocenters. The van der Waals surface area contributed by atoms with E-state index in [-0.39, 0.29) is 6.10 Å². The Labute approximate surface area is 180 Å². The number of nitrogens with one attached hydrogen (secondary N) is 1. The van der Waals surface area contributed by atoms with E-state index in [1.54, 1.807) is 50.6 Å². The zero-order valence-corrected chi connectivity index (χ0v) is 17.6. The van der Waals surface area contributed by atoms with E-state index < -0.39 is 6.09 Å². The Bertz CT molecular complexity index is 1050. The minimum absolute atomic E-state index is 0.0121. The Balaban J connectivity index is 1.45. The fourth-order valence-corrected chi connectivity index (χ4v) is 3.64. The fraction of sp³-hybridized carbons (Fsp3) is 0.348. The molecule has 1 aliphatic carbocycles. The average Bonchev–Trinajstić information content (AvgIpc) is 2.80. The van der Waals surface area contributed by atoms with Crippen molar-refractivity contribution in [3.8, 4) is 23.1 Å². The lowest BCUT2D eigenvalue weighted by atomic mass is 9.98. The second kappa shape index (κ2) is 9.51. The highest BCUT2D eigenvalue weighted by molar-refractivity contribution is 5.87. The number of benzene rings is 2. The number of carbonyl (C=O) groups is 1. The van der Waals surface area contributed by atoms with Crippen molar-refractivity contribution in [2.45, 2.75) is 38.2 Å². The van der Waals surface area contributed by atoms with E-state index in [2.05, 4.69) is 15.3 Å². The number of ether oxygens (including phenoxy) is 4. The van der Waals surface area contributed by atoms with Gasteiger partial charge >= 0.3 is 6.09 Å². The van der Waals surface area contributed by atoms with Gasteiger partial charge in [-0.25, -0.2) is 14.8 Å². The standard InChI is InChI=1S/C23H25N3O5/c1-28-20-12-18-19(13-21(20)29-2)24-14-25-22(18)30-17-10-8-15(9-11-17)26-23(27)31-16-6-4-3-5-7-16/h8-14,16H,3-7H2,1-2H3,(H,26,27). The van der Waals surface area contributed by atoms with Crippen LogP contribution in [0.5, 0.6) is 23.1 Å². The average molecular weight is 423 g/mol. The number of hydrogen-bond acceptors (Lipinski definition) is 7. The molecule has 0 saturated heterocycles. The highest BCUT2D eigenvalue weighted by Gasteiger charge is 2.18. The molecule has 0 radical (unpaired) electrons. The number of aromatic nitrogens is 2. The molecule has 1 saturated carbocycles. The molecule has 1 aliphatic rings. The van der Waals surface area contributed by atoms with Crippen molar-refractivity contribution in [1.29, 1.82) is 0 Å². The minimum Gasteiger partial charge on any atom is -0.493 e. The summed E-state index contributed by atoms with van der Waals surface area (Å²) in [6.07, 6.45) is 6.32. The molecular weight excluding hydrogens is 398 g/mol. The van der Waals surface area contributed by atoms with Crippen molar-refractivity contribution in [3.63, 3.8) is 0 Å². The van der Waals surface area contributed by atoms with E-state index in [0.29, 0.717) is 39.7 Å². The summed E-state index contributed by atoms with van der Waals surface area (Å²) in [7, 11) is 3.14. The van der Waals surface area contributed by atoms with Crippen LogP contribution in [0.3, 0.4) is 0 Å². The summed E-state index contributed by atoms with van der Waals surface area (Å²) in [4.78, 5) is 20.6. The third-order valence-electron chi connectivity index (χ3n) is 5.25. The zero-order chi connectivity index (χ0) is 21.6. The maximum Gasteiger partial charge on any atom is 0.411 e. The van der Waals surface area contributed by atoms with Crippen molar-refractivity contribution < 1.29 is 23.7 Å². The van der Waals surface area contributed by atoms with Gasteiger partial charge in [0.2, 0.25) is 5.88 Å². The molecule has 0 atom stereocenters. The van der Waals surface area contributed by atoms with E-state index in [4.69, 9.17) is 18.9 Å². The first-order chi connectivity index (χ1) is 15.2. The first-order valence-electron chi connectivity index (χ1n) is 10.3. The predicted molar refractivity (Wildman–Crippen MR) is 116 cm³/mol. The Morgan fingerprint density at radius 2 is 1.68 bits per heavy atom. The van der Waals surface area contributed by atoms with Gasteiger partial charge in [0.1, 0.15) is 18.2 Å². The van der Waals surface area contributed by atoms with Crippen LogP contribution < -0.4 is 19.5 Å². The number of rotatable bonds is 6. The van der Waals surface area contributed by atoms with Crippen LogP contribution in [0.4, 0.5) is 10.5 Å². The topological polar surface area (TPSA) is 91.8 Å². The van der Waals surface area contributed by atoms with Gasteiger partial charge in [-0.15, -0.1) is 0 Å².